The molecule has 1 rings (SSSR count). The molecular weight excluding hydrogens is 281 g/mol. The molecule has 0 saturated carbocycles. The summed E-state index contributed by atoms with van der Waals surface area (Å²) in [5.74, 6) is -0.436. The third kappa shape index (κ3) is 3.48. The Bertz CT molecular complexity index is 357. The van der Waals surface area contributed by atoms with Gasteiger partial charge in [0, 0.05) is 4.47 Å². The van der Waals surface area contributed by atoms with Crippen molar-refractivity contribution in [1.82, 2.24) is 0 Å². The molecular formula is C10H13BrClNO2. The second-order valence-corrected chi connectivity index (χ2v) is 3.88. The average Bonchev–Trinajstić information content (AvgIpc) is 2.15. The van der Waals surface area contributed by atoms with Crippen LogP contribution in [0.25, 0.3) is 0 Å². The number of esters is 1. The molecule has 0 aromatic heterocycles. The van der Waals surface area contributed by atoms with Gasteiger partial charge in [-0.15, -0.1) is 12.4 Å². The number of carbonyl (C=O) groups excluding carboxylic acids is 1. The molecule has 0 aliphatic carbocycles. The molecule has 2 N–H and O–H groups in total. The number of hydrogen-bond acceptors (Lipinski definition) is 3. The van der Waals surface area contributed by atoms with Crippen molar-refractivity contribution < 1.29 is 9.53 Å². The molecule has 0 radical (unpaired) electrons. The second-order valence-electron chi connectivity index (χ2n) is 3.03. The molecule has 84 valence electrons. The first kappa shape index (κ1) is 14.4. The molecule has 3 nitrogen and oxygen atoms in total. The standard InChI is InChI=1S/C10H12BrNO2.ClH/c1-6-3-4-7(8(11)5-6)9(12)10(13)14-2;/h3-5,9H,12H2,1-2H3;1H/t9-;/m0./s1. The summed E-state index contributed by atoms with van der Waals surface area (Å²) in [6, 6.07) is 4.91. The van der Waals surface area contributed by atoms with Crippen LogP contribution in [0.3, 0.4) is 0 Å². The first-order valence-corrected chi connectivity index (χ1v) is 4.95. The number of hydrogen-bond donors (Lipinski definition) is 1. The van der Waals surface area contributed by atoms with E-state index in [9.17, 15) is 4.79 Å². The first-order chi connectivity index (χ1) is 6.56. The van der Waals surface area contributed by atoms with Gasteiger partial charge >= 0.3 is 5.97 Å². The Morgan fingerprint density at radius 3 is 2.60 bits per heavy atom. The van der Waals surface area contributed by atoms with Crippen LogP contribution < -0.4 is 5.73 Å². The molecule has 0 unspecified atom stereocenters. The van der Waals surface area contributed by atoms with E-state index in [4.69, 9.17) is 5.73 Å². The SMILES string of the molecule is COC(=O)[C@@H](N)c1ccc(C)cc1Br.Cl. The van der Waals surface area contributed by atoms with Crippen molar-refractivity contribution in [3.05, 3.63) is 33.8 Å². The highest BCUT2D eigenvalue weighted by Gasteiger charge is 2.18. The van der Waals surface area contributed by atoms with Crippen LogP contribution in [0.2, 0.25) is 0 Å². The Balaban J connectivity index is 0.00000196. The van der Waals surface area contributed by atoms with Gasteiger partial charge < -0.3 is 10.5 Å². The average molecular weight is 295 g/mol. The van der Waals surface area contributed by atoms with E-state index in [-0.39, 0.29) is 12.4 Å². The smallest absolute Gasteiger partial charge is 0.327 e. The van der Waals surface area contributed by atoms with Gasteiger partial charge in [-0.25, -0.2) is 0 Å². The summed E-state index contributed by atoms with van der Waals surface area (Å²) in [4.78, 5) is 11.2. The Labute approximate surface area is 104 Å². The molecule has 0 aliphatic heterocycles. The van der Waals surface area contributed by atoms with E-state index in [0.29, 0.717) is 0 Å². The van der Waals surface area contributed by atoms with E-state index >= 15 is 0 Å². The van der Waals surface area contributed by atoms with E-state index in [0.717, 1.165) is 15.6 Å². The molecule has 1 atom stereocenters. The summed E-state index contributed by atoms with van der Waals surface area (Å²) < 4.78 is 5.40. The van der Waals surface area contributed by atoms with Crippen LogP contribution in [0.1, 0.15) is 17.2 Å². The molecule has 0 amide bonds. The van der Waals surface area contributed by atoms with Crippen molar-refractivity contribution in [1.29, 1.82) is 0 Å². The van der Waals surface area contributed by atoms with E-state index in [1.165, 1.54) is 7.11 Å². The van der Waals surface area contributed by atoms with Gasteiger partial charge in [0.1, 0.15) is 6.04 Å². The van der Waals surface area contributed by atoms with Gasteiger partial charge in [0.15, 0.2) is 0 Å². The zero-order valence-electron chi connectivity index (χ0n) is 8.49. The van der Waals surface area contributed by atoms with Crippen LogP contribution >= 0.6 is 28.3 Å². The van der Waals surface area contributed by atoms with Crippen LogP contribution in [0.15, 0.2) is 22.7 Å². The largest absolute Gasteiger partial charge is 0.468 e. The van der Waals surface area contributed by atoms with Gasteiger partial charge in [0.05, 0.1) is 7.11 Å². The van der Waals surface area contributed by atoms with Crippen molar-refractivity contribution in [2.45, 2.75) is 13.0 Å². The maximum Gasteiger partial charge on any atom is 0.327 e. The van der Waals surface area contributed by atoms with E-state index in [2.05, 4.69) is 20.7 Å². The second kappa shape index (κ2) is 6.10. The fraction of sp³-hybridized carbons (Fsp3) is 0.300. The maximum absolute atomic E-state index is 11.2. The summed E-state index contributed by atoms with van der Waals surface area (Å²) in [6.45, 7) is 1.97. The summed E-state index contributed by atoms with van der Waals surface area (Å²) in [5, 5.41) is 0. The Morgan fingerprint density at radius 1 is 1.53 bits per heavy atom. The van der Waals surface area contributed by atoms with Gasteiger partial charge in [0.2, 0.25) is 0 Å². The molecule has 0 fully saturated rings. The predicted octanol–water partition coefficient (Wildman–Crippen LogP) is 2.35. The van der Waals surface area contributed by atoms with Gasteiger partial charge in [-0.2, -0.15) is 0 Å². The van der Waals surface area contributed by atoms with Crippen molar-refractivity contribution in [2.75, 3.05) is 7.11 Å². The van der Waals surface area contributed by atoms with Gasteiger partial charge in [-0.05, 0) is 24.1 Å². The molecule has 0 heterocycles. The lowest BCUT2D eigenvalue weighted by Gasteiger charge is -2.11. The molecule has 0 spiro atoms. The topological polar surface area (TPSA) is 52.3 Å². The van der Waals surface area contributed by atoms with E-state index in [1.54, 1.807) is 0 Å². The number of aryl methyl sites for hydroxylation is 1. The van der Waals surface area contributed by atoms with Crippen molar-refractivity contribution >= 4 is 34.3 Å². The van der Waals surface area contributed by atoms with Crippen molar-refractivity contribution in [3.63, 3.8) is 0 Å². The third-order valence-corrected chi connectivity index (χ3v) is 2.63. The number of rotatable bonds is 2. The summed E-state index contributed by atoms with van der Waals surface area (Å²) in [5.41, 5.74) is 7.54. The molecule has 5 heteroatoms. The minimum absolute atomic E-state index is 0. The first-order valence-electron chi connectivity index (χ1n) is 4.15. The zero-order chi connectivity index (χ0) is 10.7. The fourth-order valence-corrected chi connectivity index (χ4v) is 1.88. The lowest BCUT2D eigenvalue weighted by molar-refractivity contribution is -0.142. The Kier molecular flexibility index (Phi) is 5.87. The van der Waals surface area contributed by atoms with Crippen LogP contribution in [0.5, 0.6) is 0 Å². The molecule has 0 aliphatic rings. The molecule has 1 aromatic rings. The zero-order valence-corrected chi connectivity index (χ0v) is 10.9. The van der Waals surface area contributed by atoms with Gasteiger partial charge in [-0.1, -0.05) is 28.1 Å². The van der Waals surface area contributed by atoms with Gasteiger partial charge in [0.25, 0.3) is 0 Å². The number of methoxy groups -OCH3 is 1. The maximum atomic E-state index is 11.2. The highest BCUT2D eigenvalue weighted by atomic mass is 79.9. The quantitative estimate of drug-likeness (QED) is 0.852. The number of halogens is 2. The minimum atomic E-state index is -0.727. The molecule has 15 heavy (non-hydrogen) atoms. The third-order valence-electron chi connectivity index (χ3n) is 1.95. The van der Waals surface area contributed by atoms with Crippen LogP contribution in [-0.2, 0) is 9.53 Å². The van der Waals surface area contributed by atoms with Crippen molar-refractivity contribution in [3.8, 4) is 0 Å². The fourth-order valence-electron chi connectivity index (χ4n) is 1.14. The predicted molar refractivity (Wildman–Crippen MR) is 65.1 cm³/mol. The lowest BCUT2D eigenvalue weighted by Crippen LogP contribution is -2.22. The number of carbonyl (C=O) groups is 1. The number of benzene rings is 1. The monoisotopic (exact) mass is 293 g/mol. The number of ether oxygens (including phenoxy) is 1. The summed E-state index contributed by atoms with van der Waals surface area (Å²) in [6.07, 6.45) is 0. The van der Waals surface area contributed by atoms with E-state index in [1.807, 2.05) is 25.1 Å². The van der Waals surface area contributed by atoms with Crippen LogP contribution in [0.4, 0.5) is 0 Å². The summed E-state index contributed by atoms with van der Waals surface area (Å²) >= 11 is 3.36. The Hall–Kier alpha value is -0.580. The van der Waals surface area contributed by atoms with Crippen LogP contribution in [0, 0.1) is 6.92 Å². The lowest BCUT2D eigenvalue weighted by atomic mass is 10.1. The Morgan fingerprint density at radius 2 is 2.13 bits per heavy atom. The van der Waals surface area contributed by atoms with E-state index < -0.39 is 12.0 Å². The molecule has 0 saturated heterocycles. The highest BCUT2D eigenvalue weighted by Crippen LogP contribution is 2.23. The molecule has 0 bridgehead atoms. The highest BCUT2D eigenvalue weighted by molar-refractivity contribution is 9.10. The molecule has 1 aromatic carbocycles. The normalized spacial score (nSPS) is 11.5. The summed E-state index contributed by atoms with van der Waals surface area (Å²) in [7, 11) is 1.32. The van der Waals surface area contributed by atoms with Gasteiger partial charge in [-0.3, -0.25) is 4.79 Å². The van der Waals surface area contributed by atoms with Crippen LogP contribution in [-0.4, -0.2) is 13.1 Å². The minimum Gasteiger partial charge on any atom is -0.468 e. The van der Waals surface area contributed by atoms with Crippen molar-refractivity contribution in [2.24, 2.45) is 5.73 Å². The number of nitrogens with two attached hydrogens (primary N) is 1.